The van der Waals surface area contributed by atoms with Gasteiger partial charge in [-0.1, -0.05) is 51.5 Å². The molecular formula is C29H42O8S. The number of rotatable bonds is 6. The third-order valence-corrected chi connectivity index (χ3v) is 11.9. The van der Waals surface area contributed by atoms with Crippen LogP contribution in [-0.2, 0) is 23.8 Å². The Labute approximate surface area is 226 Å². The first-order chi connectivity index (χ1) is 17.7. The molecule has 8 nitrogen and oxygen atoms in total. The number of aryl methyl sites for hydroxylation is 1. The molecule has 4 rings (SSSR count). The normalized spacial score (nSPS) is 43.0. The van der Waals surface area contributed by atoms with Gasteiger partial charge in [-0.2, -0.15) is 8.42 Å². The van der Waals surface area contributed by atoms with Crippen molar-refractivity contribution in [2.75, 3.05) is 6.61 Å². The molecule has 0 aromatic heterocycles. The Hall–Kier alpha value is -1.78. The van der Waals surface area contributed by atoms with Crippen LogP contribution >= 0.6 is 0 Å². The van der Waals surface area contributed by atoms with Crippen LogP contribution in [0.3, 0.4) is 0 Å². The summed E-state index contributed by atoms with van der Waals surface area (Å²) in [6, 6.07) is 6.36. The highest BCUT2D eigenvalue weighted by Gasteiger charge is 2.70. The van der Waals surface area contributed by atoms with Gasteiger partial charge in [-0.3, -0.25) is 4.18 Å². The number of ether oxygens (including phenoxy) is 1. The molecule has 3 N–H and O–H groups in total. The van der Waals surface area contributed by atoms with Gasteiger partial charge in [-0.25, -0.2) is 4.79 Å². The van der Waals surface area contributed by atoms with Gasteiger partial charge in [0.2, 0.25) is 0 Å². The molecule has 1 aromatic rings. The molecule has 0 heterocycles. The molecule has 0 amide bonds. The van der Waals surface area contributed by atoms with Gasteiger partial charge < -0.3 is 20.1 Å². The highest BCUT2D eigenvalue weighted by atomic mass is 32.2. The van der Waals surface area contributed by atoms with Crippen molar-refractivity contribution in [3.05, 3.63) is 42.5 Å². The number of esters is 1. The average molecular weight is 551 g/mol. The van der Waals surface area contributed by atoms with E-state index in [1.165, 1.54) is 12.1 Å². The largest absolute Gasteiger partial charge is 0.460 e. The van der Waals surface area contributed by atoms with E-state index in [1.807, 2.05) is 27.7 Å². The molecule has 3 aliphatic rings. The van der Waals surface area contributed by atoms with Crippen molar-refractivity contribution in [1.29, 1.82) is 0 Å². The van der Waals surface area contributed by atoms with E-state index in [0.29, 0.717) is 6.42 Å². The van der Waals surface area contributed by atoms with E-state index in [0.717, 1.165) is 12.0 Å². The van der Waals surface area contributed by atoms with Gasteiger partial charge in [0.15, 0.2) is 0 Å². The van der Waals surface area contributed by atoms with Crippen molar-refractivity contribution in [3.8, 4) is 0 Å². The zero-order valence-electron chi connectivity index (χ0n) is 23.0. The molecule has 38 heavy (non-hydrogen) atoms. The summed E-state index contributed by atoms with van der Waals surface area (Å²) in [5, 5.41) is 33.1. The van der Waals surface area contributed by atoms with Crippen molar-refractivity contribution in [1.82, 2.24) is 0 Å². The lowest BCUT2D eigenvalue weighted by atomic mass is 9.43. The molecule has 0 spiro atoms. The van der Waals surface area contributed by atoms with Gasteiger partial charge in [-0.15, -0.1) is 6.58 Å². The number of hydrogen-bond acceptors (Lipinski definition) is 8. The molecule has 10 atom stereocenters. The second-order valence-corrected chi connectivity index (χ2v) is 14.0. The Morgan fingerprint density at radius 3 is 2.37 bits per heavy atom. The fraction of sp³-hybridized carbons (Fsp3) is 0.690. The maximum Gasteiger partial charge on any atom is 0.332 e. The van der Waals surface area contributed by atoms with Crippen molar-refractivity contribution >= 4 is 16.1 Å². The summed E-state index contributed by atoms with van der Waals surface area (Å²) >= 11 is 0. The van der Waals surface area contributed by atoms with Crippen molar-refractivity contribution in [2.24, 2.45) is 34.0 Å². The number of carbonyl (C=O) groups is 1. The molecule has 212 valence electrons. The Kier molecular flexibility index (Phi) is 7.69. The standard InChI is InChI=1S/C29H42O8S/c1-7-27(5)15-22(36-23(31)16-30)28(6)18(3)12-13-29(19(4)26(27)33)14-21(24(32)25(28)29)37-38(34,35)20-10-8-17(2)9-11-20/h7-11,18-19,21-22,24-26,30,32-33H,1,12-16H2,2-6H3/t18?,19-,21?,22+,24?,25?,26-,27+,28-,29-/m0/s1. The topological polar surface area (TPSA) is 130 Å². The molecule has 3 fully saturated rings. The first kappa shape index (κ1) is 29.2. The van der Waals surface area contributed by atoms with Crippen LogP contribution in [0.25, 0.3) is 0 Å². The second-order valence-electron chi connectivity index (χ2n) is 12.4. The van der Waals surface area contributed by atoms with E-state index < -0.39 is 69.3 Å². The lowest BCUT2D eigenvalue weighted by molar-refractivity contribution is -0.220. The minimum atomic E-state index is -4.17. The highest BCUT2D eigenvalue weighted by molar-refractivity contribution is 7.86. The Bertz CT molecular complexity index is 1170. The fourth-order valence-electron chi connectivity index (χ4n) is 7.95. The SMILES string of the molecule is C=C[C@]1(C)C[C@@H](OC(=O)CO)[C@]2(C)C(C)CC[C@]3(CC(OS(=O)(=O)c4ccc(C)cc4)C(O)C32)[C@@H](C)[C@@H]1O. The Balaban J connectivity index is 1.83. The highest BCUT2D eigenvalue weighted by Crippen LogP contribution is 2.69. The average Bonchev–Trinajstić information content (AvgIpc) is 3.16. The first-order valence-corrected chi connectivity index (χ1v) is 14.9. The van der Waals surface area contributed by atoms with Crippen LogP contribution in [-0.4, -0.2) is 60.7 Å². The molecule has 9 heteroatoms. The third kappa shape index (κ3) is 4.44. The van der Waals surface area contributed by atoms with Gasteiger partial charge in [0.25, 0.3) is 10.1 Å². The summed E-state index contributed by atoms with van der Waals surface area (Å²) in [6.45, 7) is 12.9. The van der Waals surface area contributed by atoms with Crippen LogP contribution in [0.5, 0.6) is 0 Å². The fourth-order valence-corrected chi connectivity index (χ4v) is 9.04. The van der Waals surface area contributed by atoms with Gasteiger partial charge in [0.1, 0.15) is 18.8 Å². The van der Waals surface area contributed by atoms with Crippen LogP contribution < -0.4 is 0 Å². The van der Waals surface area contributed by atoms with E-state index >= 15 is 0 Å². The number of hydrogen-bond donors (Lipinski definition) is 3. The second kappa shape index (κ2) is 10.0. The van der Waals surface area contributed by atoms with Crippen LogP contribution in [0.15, 0.2) is 41.8 Å². The summed E-state index contributed by atoms with van der Waals surface area (Å²) in [5.74, 6) is -1.64. The summed E-state index contributed by atoms with van der Waals surface area (Å²) in [7, 11) is -4.17. The molecule has 4 unspecified atom stereocenters. The number of benzene rings is 1. The smallest absolute Gasteiger partial charge is 0.332 e. The molecule has 3 saturated carbocycles. The maximum absolute atomic E-state index is 13.3. The van der Waals surface area contributed by atoms with Crippen LogP contribution in [0, 0.1) is 40.9 Å². The number of carbonyl (C=O) groups excluding carboxylic acids is 1. The van der Waals surface area contributed by atoms with Gasteiger partial charge in [0, 0.05) is 16.7 Å². The van der Waals surface area contributed by atoms with E-state index in [-0.39, 0.29) is 29.6 Å². The van der Waals surface area contributed by atoms with Crippen LogP contribution in [0.2, 0.25) is 0 Å². The van der Waals surface area contributed by atoms with Crippen molar-refractivity contribution in [3.63, 3.8) is 0 Å². The summed E-state index contributed by atoms with van der Waals surface area (Å²) in [4.78, 5) is 12.4. The van der Waals surface area contributed by atoms with E-state index in [1.54, 1.807) is 18.2 Å². The minimum Gasteiger partial charge on any atom is -0.460 e. The Morgan fingerprint density at radius 1 is 1.16 bits per heavy atom. The van der Waals surface area contributed by atoms with Crippen LogP contribution in [0.4, 0.5) is 0 Å². The summed E-state index contributed by atoms with van der Waals surface area (Å²) < 4.78 is 38.2. The van der Waals surface area contributed by atoms with Gasteiger partial charge in [0.05, 0.1) is 17.1 Å². The Morgan fingerprint density at radius 2 is 1.79 bits per heavy atom. The first-order valence-electron chi connectivity index (χ1n) is 13.5. The molecule has 3 aliphatic carbocycles. The quantitative estimate of drug-likeness (QED) is 0.279. The van der Waals surface area contributed by atoms with Gasteiger partial charge >= 0.3 is 5.97 Å². The molecule has 0 aliphatic heterocycles. The van der Waals surface area contributed by atoms with Gasteiger partial charge in [-0.05, 0) is 62.0 Å². The maximum atomic E-state index is 13.3. The van der Waals surface area contributed by atoms with Crippen molar-refractivity contribution in [2.45, 2.75) is 89.6 Å². The lowest BCUT2D eigenvalue weighted by Gasteiger charge is -2.62. The zero-order valence-corrected chi connectivity index (χ0v) is 23.8. The van der Waals surface area contributed by atoms with E-state index in [4.69, 9.17) is 8.92 Å². The van der Waals surface area contributed by atoms with E-state index in [9.17, 15) is 28.5 Å². The number of aliphatic hydroxyl groups is 3. The molecule has 0 saturated heterocycles. The molecule has 1 aromatic carbocycles. The zero-order chi connectivity index (χ0) is 28.3. The predicted molar refractivity (Wildman–Crippen MR) is 141 cm³/mol. The monoisotopic (exact) mass is 550 g/mol. The predicted octanol–water partition coefficient (Wildman–Crippen LogP) is 3.37. The van der Waals surface area contributed by atoms with Crippen LogP contribution in [0.1, 0.15) is 58.9 Å². The number of aliphatic hydroxyl groups excluding tert-OH is 3. The summed E-state index contributed by atoms with van der Waals surface area (Å²) in [5.41, 5.74) is -1.38. The lowest BCUT2D eigenvalue weighted by Crippen LogP contribution is -2.63. The van der Waals surface area contributed by atoms with Crippen molar-refractivity contribution < 1.29 is 37.5 Å². The minimum absolute atomic E-state index is 0.00395. The molecular weight excluding hydrogens is 508 g/mol. The molecule has 0 radical (unpaired) electrons. The summed E-state index contributed by atoms with van der Waals surface area (Å²) in [6.07, 6.45) is -0.290. The van der Waals surface area contributed by atoms with E-state index in [2.05, 4.69) is 13.5 Å². The third-order valence-electron chi connectivity index (χ3n) is 10.5. The molecule has 2 bridgehead atoms.